The van der Waals surface area contributed by atoms with E-state index in [0.717, 1.165) is 6.07 Å². The number of methoxy groups -OCH3 is 1. The highest BCUT2D eigenvalue weighted by Gasteiger charge is 2.18. The van der Waals surface area contributed by atoms with Crippen molar-refractivity contribution in [1.29, 1.82) is 0 Å². The predicted octanol–water partition coefficient (Wildman–Crippen LogP) is 3.49. The lowest BCUT2D eigenvalue weighted by Crippen LogP contribution is -2.29. The SMILES string of the molecule is COc1ccc(NC(=O)C(=O)Nc2cc([N+](=O)[O-])ccc2Cl)cc1Cl. The number of nitrogens with one attached hydrogen (secondary N) is 2. The van der Waals surface area contributed by atoms with Gasteiger partial charge in [0.2, 0.25) is 0 Å². The number of hydrogen-bond donors (Lipinski definition) is 2. The quantitative estimate of drug-likeness (QED) is 0.476. The number of nitrogens with zero attached hydrogens (tertiary/aromatic N) is 1. The van der Waals surface area contributed by atoms with Crippen molar-refractivity contribution >= 4 is 52.1 Å². The fraction of sp³-hybridized carbons (Fsp3) is 0.0667. The van der Waals surface area contributed by atoms with Crippen molar-refractivity contribution in [2.75, 3.05) is 17.7 Å². The van der Waals surface area contributed by atoms with Crippen molar-refractivity contribution in [1.82, 2.24) is 0 Å². The van der Waals surface area contributed by atoms with Crippen LogP contribution < -0.4 is 15.4 Å². The second kappa shape index (κ2) is 7.82. The molecule has 0 aliphatic heterocycles. The Bertz CT molecular complexity index is 857. The number of halogens is 2. The molecule has 0 unspecified atom stereocenters. The largest absolute Gasteiger partial charge is 0.495 e. The summed E-state index contributed by atoms with van der Waals surface area (Å²) in [5.41, 5.74) is -0.0538. The minimum absolute atomic E-state index is 0.0521. The zero-order valence-corrected chi connectivity index (χ0v) is 14.2. The van der Waals surface area contributed by atoms with E-state index in [1.807, 2.05) is 0 Å². The average molecular weight is 384 g/mol. The first-order chi connectivity index (χ1) is 11.8. The number of benzene rings is 2. The standard InChI is InChI=1S/C15H11Cl2N3O5/c1-25-13-5-2-8(6-11(13)17)18-14(21)15(22)19-12-7-9(20(23)24)3-4-10(12)16/h2-7H,1H3,(H,18,21)(H,19,22). The van der Waals surface area contributed by atoms with Gasteiger partial charge in [0.05, 0.1) is 27.8 Å². The minimum atomic E-state index is -1.05. The van der Waals surface area contributed by atoms with Crippen molar-refractivity contribution < 1.29 is 19.2 Å². The van der Waals surface area contributed by atoms with Gasteiger partial charge in [0.1, 0.15) is 5.75 Å². The number of carbonyl (C=O) groups excluding carboxylic acids is 2. The molecule has 0 radical (unpaired) electrons. The van der Waals surface area contributed by atoms with E-state index in [9.17, 15) is 19.7 Å². The van der Waals surface area contributed by atoms with Crippen LogP contribution in [0.1, 0.15) is 0 Å². The summed E-state index contributed by atoms with van der Waals surface area (Å²) in [7, 11) is 1.44. The third-order valence-corrected chi connectivity index (χ3v) is 3.65. The third kappa shape index (κ3) is 4.59. The molecule has 2 aromatic carbocycles. The number of ether oxygens (including phenoxy) is 1. The van der Waals surface area contributed by atoms with E-state index in [-0.39, 0.29) is 27.1 Å². The van der Waals surface area contributed by atoms with Gasteiger partial charge in [-0.1, -0.05) is 23.2 Å². The second-order valence-electron chi connectivity index (χ2n) is 4.68. The Labute approximate surface area is 151 Å². The van der Waals surface area contributed by atoms with Crippen molar-refractivity contribution in [2.45, 2.75) is 0 Å². The lowest BCUT2D eigenvalue weighted by atomic mass is 10.2. The van der Waals surface area contributed by atoms with E-state index < -0.39 is 16.7 Å². The number of nitro groups is 1. The molecule has 2 rings (SSSR count). The van der Waals surface area contributed by atoms with E-state index in [2.05, 4.69) is 10.6 Å². The van der Waals surface area contributed by atoms with Crippen molar-refractivity contribution in [3.63, 3.8) is 0 Å². The number of anilines is 2. The maximum Gasteiger partial charge on any atom is 0.314 e. The molecule has 0 spiro atoms. The highest BCUT2D eigenvalue weighted by atomic mass is 35.5. The second-order valence-corrected chi connectivity index (χ2v) is 5.49. The fourth-order valence-corrected chi connectivity index (χ4v) is 2.26. The van der Waals surface area contributed by atoms with Crippen LogP contribution in [0.5, 0.6) is 5.75 Å². The van der Waals surface area contributed by atoms with Crippen LogP contribution in [0.4, 0.5) is 17.1 Å². The van der Waals surface area contributed by atoms with Crippen molar-refractivity contribution in [2.24, 2.45) is 0 Å². The number of carbonyl (C=O) groups is 2. The van der Waals surface area contributed by atoms with Gasteiger partial charge in [-0.25, -0.2) is 0 Å². The van der Waals surface area contributed by atoms with Crippen LogP contribution in [-0.2, 0) is 9.59 Å². The molecule has 0 fully saturated rings. The molecule has 0 atom stereocenters. The molecule has 8 nitrogen and oxygen atoms in total. The smallest absolute Gasteiger partial charge is 0.314 e. The highest BCUT2D eigenvalue weighted by Crippen LogP contribution is 2.28. The molecule has 0 aliphatic carbocycles. The lowest BCUT2D eigenvalue weighted by Gasteiger charge is -2.09. The van der Waals surface area contributed by atoms with Gasteiger partial charge in [-0.05, 0) is 24.3 Å². The van der Waals surface area contributed by atoms with Crippen molar-refractivity contribution in [3.8, 4) is 5.75 Å². The topological polar surface area (TPSA) is 111 Å². The Morgan fingerprint density at radius 1 is 1.04 bits per heavy atom. The molecule has 0 aromatic heterocycles. The molecular weight excluding hydrogens is 373 g/mol. The highest BCUT2D eigenvalue weighted by molar-refractivity contribution is 6.45. The molecular formula is C15H11Cl2N3O5. The predicted molar refractivity (Wildman–Crippen MR) is 93.4 cm³/mol. The van der Waals surface area contributed by atoms with Gasteiger partial charge < -0.3 is 15.4 Å². The third-order valence-electron chi connectivity index (χ3n) is 3.02. The first kappa shape index (κ1) is 18.5. The molecule has 130 valence electrons. The summed E-state index contributed by atoms with van der Waals surface area (Å²) in [4.78, 5) is 34.0. The number of nitro benzene ring substituents is 1. The van der Waals surface area contributed by atoms with E-state index in [0.29, 0.717) is 5.75 Å². The first-order valence-corrected chi connectivity index (χ1v) is 7.47. The zero-order valence-electron chi connectivity index (χ0n) is 12.7. The van der Waals surface area contributed by atoms with Gasteiger partial charge in [0.25, 0.3) is 5.69 Å². The molecule has 0 heterocycles. The van der Waals surface area contributed by atoms with Crippen LogP contribution >= 0.6 is 23.2 Å². The molecule has 0 saturated heterocycles. The Balaban J connectivity index is 2.10. The summed E-state index contributed by atoms with van der Waals surface area (Å²) < 4.78 is 4.98. The van der Waals surface area contributed by atoms with E-state index in [1.165, 1.54) is 37.4 Å². The van der Waals surface area contributed by atoms with Gasteiger partial charge in [-0.3, -0.25) is 19.7 Å². The number of hydrogen-bond acceptors (Lipinski definition) is 5. The van der Waals surface area contributed by atoms with E-state index >= 15 is 0 Å². The number of non-ortho nitro benzene ring substituents is 1. The minimum Gasteiger partial charge on any atom is -0.495 e. The van der Waals surface area contributed by atoms with Gasteiger partial charge in [0, 0.05) is 17.8 Å². The summed E-state index contributed by atoms with van der Waals surface area (Å²) in [5.74, 6) is -1.63. The zero-order chi connectivity index (χ0) is 18.6. The average Bonchev–Trinajstić information content (AvgIpc) is 2.56. The van der Waals surface area contributed by atoms with Crippen LogP contribution in [-0.4, -0.2) is 23.8 Å². The van der Waals surface area contributed by atoms with Crippen LogP contribution in [0.2, 0.25) is 10.0 Å². The van der Waals surface area contributed by atoms with Gasteiger partial charge in [-0.15, -0.1) is 0 Å². The number of amides is 2. The lowest BCUT2D eigenvalue weighted by molar-refractivity contribution is -0.384. The van der Waals surface area contributed by atoms with Crippen LogP contribution in [0.15, 0.2) is 36.4 Å². The van der Waals surface area contributed by atoms with Crippen LogP contribution in [0.3, 0.4) is 0 Å². The Morgan fingerprint density at radius 2 is 1.72 bits per heavy atom. The molecule has 10 heteroatoms. The molecule has 0 aliphatic rings. The molecule has 2 amide bonds. The van der Waals surface area contributed by atoms with Gasteiger partial charge >= 0.3 is 11.8 Å². The normalized spacial score (nSPS) is 10.0. The fourth-order valence-electron chi connectivity index (χ4n) is 1.83. The van der Waals surface area contributed by atoms with Gasteiger partial charge in [0.15, 0.2) is 0 Å². The van der Waals surface area contributed by atoms with E-state index in [1.54, 1.807) is 0 Å². The maximum atomic E-state index is 11.9. The Hall–Kier alpha value is -2.84. The summed E-state index contributed by atoms with van der Waals surface area (Å²) >= 11 is 11.8. The summed E-state index contributed by atoms with van der Waals surface area (Å²) in [6.07, 6.45) is 0. The molecule has 0 bridgehead atoms. The van der Waals surface area contributed by atoms with Crippen LogP contribution in [0, 0.1) is 10.1 Å². The Morgan fingerprint density at radius 3 is 2.32 bits per heavy atom. The molecule has 0 saturated carbocycles. The maximum absolute atomic E-state index is 11.9. The van der Waals surface area contributed by atoms with E-state index in [4.69, 9.17) is 27.9 Å². The monoisotopic (exact) mass is 383 g/mol. The summed E-state index contributed by atoms with van der Waals surface area (Å²) in [6.45, 7) is 0. The van der Waals surface area contributed by atoms with Crippen LogP contribution in [0.25, 0.3) is 0 Å². The molecule has 25 heavy (non-hydrogen) atoms. The Kier molecular flexibility index (Phi) is 5.79. The summed E-state index contributed by atoms with van der Waals surface area (Å²) in [6, 6.07) is 7.90. The molecule has 2 N–H and O–H groups in total. The number of rotatable bonds is 4. The first-order valence-electron chi connectivity index (χ1n) is 6.71. The van der Waals surface area contributed by atoms with Gasteiger partial charge in [-0.2, -0.15) is 0 Å². The molecule has 2 aromatic rings. The van der Waals surface area contributed by atoms with Crippen molar-refractivity contribution in [3.05, 3.63) is 56.6 Å². The summed E-state index contributed by atoms with van der Waals surface area (Å²) in [5, 5.41) is 15.6.